The van der Waals surface area contributed by atoms with Gasteiger partial charge in [-0.25, -0.2) is 0 Å². The average molecular weight is 250 g/mol. The maximum absolute atomic E-state index is 9.29. The topological polar surface area (TPSA) is 75.3 Å². The number of aliphatic hydroxyl groups excluding tert-OH is 1. The number of hydrogen-bond donors (Lipinski definition) is 2. The molecule has 1 fully saturated rings. The zero-order chi connectivity index (χ0) is 13.1. The minimum Gasteiger partial charge on any atom is -0.396 e. The second-order valence-corrected chi connectivity index (χ2v) is 5.05. The van der Waals surface area contributed by atoms with E-state index in [9.17, 15) is 5.11 Å². The van der Waals surface area contributed by atoms with Gasteiger partial charge in [0.1, 0.15) is 0 Å². The van der Waals surface area contributed by atoms with Gasteiger partial charge in [-0.2, -0.15) is 5.10 Å². The van der Waals surface area contributed by atoms with E-state index in [-0.39, 0.29) is 6.61 Å². The monoisotopic (exact) mass is 250 g/mol. The van der Waals surface area contributed by atoms with Gasteiger partial charge in [0, 0.05) is 31.8 Å². The normalized spacial score (nSPS) is 20.2. The van der Waals surface area contributed by atoms with Crippen LogP contribution in [0, 0.1) is 19.8 Å². The number of rotatable bonds is 3. The van der Waals surface area contributed by atoms with Crippen molar-refractivity contribution in [2.24, 2.45) is 11.7 Å². The third-order valence-corrected chi connectivity index (χ3v) is 3.84. The first-order chi connectivity index (χ1) is 8.67. The van der Waals surface area contributed by atoms with Crippen molar-refractivity contribution in [3.63, 3.8) is 0 Å². The average Bonchev–Trinajstić information content (AvgIpc) is 2.41. The van der Waals surface area contributed by atoms with Gasteiger partial charge in [0.25, 0.3) is 0 Å². The molecule has 1 saturated heterocycles. The summed E-state index contributed by atoms with van der Waals surface area (Å²) in [6.07, 6.45) is 2.17. The summed E-state index contributed by atoms with van der Waals surface area (Å²) in [7, 11) is 0. The van der Waals surface area contributed by atoms with Crippen molar-refractivity contribution >= 4 is 5.82 Å². The molecular formula is C13H22N4O. The van der Waals surface area contributed by atoms with Gasteiger partial charge in [-0.3, -0.25) is 0 Å². The van der Waals surface area contributed by atoms with E-state index in [1.54, 1.807) is 0 Å². The summed E-state index contributed by atoms with van der Waals surface area (Å²) in [4.78, 5) is 2.21. The molecule has 0 spiro atoms. The third-order valence-electron chi connectivity index (χ3n) is 3.84. The lowest BCUT2D eigenvalue weighted by Gasteiger charge is -2.33. The Morgan fingerprint density at radius 2 is 2.17 bits per heavy atom. The van der Waals surface area contributed by atoms with E-state index in [1.165, 1.54) is 0 Å². The molecule has 0 amide bonds. The molecule has 1 unspecified atom stereocenters. The van der Waals surface area contributed by atoms with E-state index in [4.69, 9.17) is 5.73 Å². The molecule has 5 heteroatoms. The summed E-state index contributed by atoms with van der Waals surface area (Å²) in [5, 5.41) is 17.8. The smallest absolute Gasteiger partial charge is 0.156 e. The number of piperidine rings is 1. The van der Waals surface area contributed by atoms with Crippen LogP contribution in [0.2, 0.25) is 0 Å². The molecule has 3 N–H and O–H groups in total. The van der Waals surface area contributed by atoms with E-state index in [0.29, 0.717) is 12.5 Å². The van der Waals surface area contributed by atoms with Crippen molar-refractivity contribution < 1.29 is 5.11 Å². The summed E-state index contributed by atoms with van der Waals surface area (Å²) >= 11 is 0. The van der Waals surface area contributed by atoms with Crippen molar-refractivity contribution in [1.29, 1.82) is 0 Å². The fraction of sp³-hybridized carbons (Fsp3) is 0.692. The Kier molecular flexibility index (Phi) is 4.14. The lowest BCUT2D eigenvalue weighted by molar-refractivity contribution is 0.208. The number of anilines is 1. The van der Waals surface area contributed by atoms with Gasteiger partial charge >= 0.3 is 0 Å². The van der Waals surface area contributed by atoms with E-state index in [0.717, 1.165) is 48.6 Å². The highest BCUT2D eigenvalue weighted by molar-refractivity contribution is 5.51. The number of nitrogens with two attached hydrogens (primary N) is 1. The lowest BCUT2D eigenvalue weighted by Crippen LogP contribution is -2.38. The lowest BCUT2D eigenvalue weighted by atomic mass is 9.98. The van der Waals surface area contributed by atoms with Crippen LogP contribution in [0.4, 0.5) is 5.82 Å². The number of aliphatic hydroxyl groups is 1. The molecule has 0 bridgehead atoms. The number of hydrogen-bond acceptors (Lipinski definition) is 5. The van der Waals surface area contributed by atoms with E-state index < -0.39 is 0 Å². The Bertz CT molecular complexity index is 422. The molecule has 2 rings (SSSR count). The fourth-order valence-electron chi connectivity index (χ4n) is 2.55. The van der Waals surface area contributed by atoms with Gasteiger partial charge < -0.3 is 15.7 Å². The summed E-state index contributed by atoms with van der Waals surface area (Å²) in [6.45, 7) is 6.55. The van der Waals surface area contributed by atoms with Crippen LogP contribution in [0.15, 0.2) is 0 Å². The van der Waals surface area contributed by atoms with Crippen LogP contribution in [-0.2, 0) is 6.54 Å². The van der Waals surface area contributed by atoms with Crippen LogP contribution in [0.5, 0.6) is 0 Å². The van der Waals surface area contributed by atoms with Gasteiger partial charge in [-0.1, -0.05) is 0 Å². The Labute approximate surface area is 108 Å². The van der Waals surface area contributed by atoms with Crippen molar-refractivity contribution in [3.8, 4) is 0 Å². The molecular weight excluding hydrogens is 228 g/mol. The Morgan fingerprint density at radius 3 is 2.83 bits per heavy atom. The molecule has 1 atom stereocenters. The van der Waals surface area contributed by atoms with Gasteiger partial charge in [0.15, 0.2) is 5.82 Å². The van der Waals surface area contributed by atoms with Crippen molar-refractivity contribution in [2.45, 2.75) is 33.2 Å². The predicted octanol–water partition coefficient (Wildman–Crippen LogP) is 0.761. The van der Waals surface area contributed by atoms with Gasteiger partial charge in [-0.15, -0.1) is 5.10 Å². The summed E-state index contributed by atoms with van der Waals surface area (Å²) in [5.74, 6) is 1.24. The van der Waals surface area contributed by atoms with Gasteiger partial charge in [0.2, 0.25) is 0 Å². The minimum absolute atomic E-state index is 0.243. The van der Waals surface area contributed by atoms with Crippen LogP contribution in [0.3, 0.4) is 0 Å². The largest absolute Gasteiger partial charge is 0.396 e. The first kappa shape index (κ1) is 13.2. The van der Waals surface area contributed by atoms with Gasteiger partial charge in [-0.05, 0) is 38.2 Å². The molecule has 1 aliphatic heterocycles. The maximum Gasteiger partial charge on any atom is 0.156 e. The molecule has 1 aliphatic rings. The van der Waals surface area contributed by atoms with Crippen LogP contribution in [-0.4, -0.2) is 35.0 Å². The zero-order valence-electron chi connectivity index (χ0n) is 11.2. The van der Waals surface area contributed by atoms with Crippen LogP contribution >= 0.6 is 0 Å². The molecule has 0 radical (unpaired) electrons. The molecule has 18 heavy (non-hydrogen) atoms. The Morgan fingerprint density at radius 1 is 1.39 bits per heavy atom. The van der Waals surface area contributed by atoms with E-state index in [1.807, 2.05) is 13.8 Å². The molecule has 100 valence electrons. The minimum atomic E-state index is 0.243. The second-order valence-electron chi connectivity index (χ2n) is 5.05. The standard InChI is InChI=1S/C13H22N4O/c1-9-10(2)15-16-13(12(9)6-14)17-5-3-4-11(7-17)8-18/h11,18H,3-8,14H2,1-2H3. The van der Waals surface area contributed by atoms with Crippen LogP contribution < -0.4 is 10.6 Å². The highest BCUT2D eigenvalue weighted by Gasteiger charge is 2.23. The van der Waals surface area contributed by atoms with Gasteiger partial charge in [0.05, 0.1) is 5.69 Å². The molecule has 5 nitrogen and oxygen atoms in total. The number of nitrogens with zero attached hydrogens (tertiary/aromatic N) is 3. The van der Waals surface area contributed by atoms with Crippen LogP contribution in [0.25, 0.3) is 0 Å². The highest BCUT2D eigenvalue weighted by Crippen LogP contribution is 2.26. The summed E-state index contributed by atoms with van der Waals surface area (Å²) in [5.41, 5.74) is 9.01. The first-order valence-electron chi connectivity index (χ1n) is 6.56. The quantitative estimate of drug-likeness (QED) is 0.828. The van der Waals surface area contributed by atoms with Crippen LogP contribution in [0.1, 0.15) is 29.7 Å². The summed E-state index contributed by atoms with van der Waals surface area (Å²) < 4.78 is 0. The molecule has 2 heterocycles. The number of aryl methyl sites for hydroxylation is 1. The summed E-state index contributed by atoms with van der Waals surface area (Å²) in [6, 6.07) is 0. The maximum atomic E-state index is 9.29. The molecule has 0 saturated carbocycles. The molecule has 1 aromatic rings. The second kappa shape index (κ2) is 5.63. The van der Waals surface area contributed by atoms with E-state index >= 15 is 0 Å². The molecule has 1 aromatic heterocycles. The first-order valence-corrected chi connectivity index (χ1v) is 6.56. The zero-order valence-corrected chi connectivity index (χ0v) is 11.2. The number of aromatic nitrogens is 2. The molecule has 0 aromatic carbocycles. The SMILES string of the molecule is Cc1nnc(N2CCCC(CO)C2)c(CN)c1C. The van der Waals surface area contributed by atoms with Crippen molar-refractivity contribution in [3.05, 3.63) is 16.8 Å². The van der Waals surface area contributed by atoms with Crippen molar-refractivity contribution in [1.82, 2.24) is 10.2 Å². The Balaban J connectivity index is 2.30. The van der Waals surface area contributed by atoms with E-state index in [2.05, 4.69) is 15.1 Å². The third kappa shape index (κ3) is 2.47. The van der Waals surface area contributed by atoms with Crippen molar-refractivity contribution in [2.75, 3.05) is 24.6 Å². The fourth-order valence-corrected chi connectivity index (χ4v) is 2.55. The predicted molar refractivity (Wildman–Crippen MR) is 71.4 cm³/mol. The molecule has 0 aliphatic carbocycles. The Hall–Kier alpha value is -1.20. The highest BCUT2D eigenvalue weighted by atomic mass is 16.3.